The second kappa shape index (κ2) is 11.3. The first-order chi connectivity index (χ1) is 19.6. The van der Waals surface area contributed by atoms with E-state index < -0.39 is 82.0 Å². The Labute approximate surface area is 237 Å². The Morgan fingerprint density at radius 2 is 1.71 bits per heavy atom. The van der Waals surface area contributed by atoms with Crippen LogP contribution in [-0.2, 0) is 32.1 Å². The minimum Gasteiger partial charge on any atom is -0.435 e. The minimum absolute atomic E-state index is 0.00823. The van der Waals surface area contributed by atoms with Crippen LogP contribution < -0.4 is 10.1 Å². The second-order valence-electron chi connectivity index (χ2n) is 9.67. The number of likely N-dealkylation sites (N-methyl/N-ethyl adjacent to an activating group) is 1. The van der Waals surface area contributed by atoms with Gasteiger partial charge >= 0.3 is 5.97 Å². The van der Waals surface area contributed by atoms with E-state index in [1.165, 1.54) is 0 Å². The first-order valence-electron chi connectivity index (χ1n) is 12.7. The third kappa shape index (κ3) is 5.13. The van der Waals surface area contributed by atoms with E-state index >= 15 is 4.39 Å². The molecule has 1 atom stereocenters. The van der Waals surface area contributed by atoms with Gasteiger partial charge in [-0.3, -0.25) is 9.59 Å². The maximum atomic E-state index is 15.6. The molecule has 4 rings (SSSR count). The molecule has 0 spiro atoms. The molecule has 2 aromatic rings. The fraction of sp³-hybridized carbons (Fsp3) is 0.423. The van der Waals surface area contributed by atoms with Crippen molar-refractivity contribution < 1.29 is 64.0 Å². The van der Waals surface area contributed by atoms with Crippen molar-refractivity contribution in [3.05, 3.63) is 64.5 Å². The molecule has 0 saturated carbocycles. The van der Waals surface area contributed by atoms with E-state index in [0.29, 0.717) is 6.29 Å². The molecular weight excluding hydrogens is 565 g/mol. The highest BCUT2D eigenvalue weighted by atomic mass is 19.1. The Morgan fingerprint density at radius 1 is 1.10 bits per heavy atom. The molecule has 0 aromatic heterocycles. The summed E-state index contributed by atoms with van der Waals surface area (Å²) < 4.78 is 26.0. The van der Waals surface area contributed by atoms with Gasteiger partial charge in [0.05, 0.1) is 35.5 Å². The largest absolute Gasteiger partial charge is 0.435 e. The highest BCUT2D eigenvalue weighted by Crippen LogP contribution is 2.46. The van der Waals surface area contributed by atoms with Crippen molar-refractivity contribution in [1.29, 1.82) is 0 Å². The zero-order valence-electron chi connectivity index (χ0n) is 22.2. The highest BCUT2D eigenvalue weighted by Gasteiger charge is 2.61. The van der Waals surface area contributed by atoms with Gasteiger partial charge in [0.2, 0.25) is 5.72 Å². The number of aldehydes is 1. The van der Waals surface area contributed by atoms with Crippen LogP contribution >= 0.6 is 0 Å². The minimum atomic E-state index is -3.61. The van der Waals surface area contributed by atoms with Gasteiger partial charge in [-0.1, -0.05) is 12.1 Å². The first-order valence-corrected chi connectivity index (χ1v) is 12.7. The molecule has 2 aromatic carbocycles. The molecule has 16 heteroatoms. The zero-order valence-corrected chi connectivity index (χ0v) is 22.2. The van der Waals surface area contributed by atoms with Crippen LogP contribution in [0.25, 0.3) is 0 Å². The van der Waals surface area contributed by atoms with E-state index in [1.807, 2.05) is 0 Å². The van der Waals surface area contributed by atoms with Gasteiger partial charge in [0, 0.05) is 33.0 Å². The molecule has 42 heavy (non-hydrogen) atoms. The van der Waals surface area contributed by atoms with E-state index in [1.54, 1.807) is 0 Å². The van der Waals surface area contributed by atoms with Crippen molar-refractivity contribution in [2.75, 3.05) is 33.4 Å². The van der Waals surface area contributed by atoms with Crippen LogP contribution in [0, 0.1) is 5.82 Å². The van der Waals surface area contributed by atoms with Gasteiger partial charge in [-0.25, -0.2) is 14.2 Å². The molecule has 2 heterocycles. The summed E-state index contributed by atoms with van der Waals surface area (Å²) in [5.74, 6) is -14.9. The quantitative estimate of drug-likeness (QED) is 0.104. The van der Waals surface area contributed by atoms with E-state index in [-0.39, 0.29) is 31.2 Å². The number of aliphatic hydroxyl groups is 7. The van der Waals surface area contributed by atoms with Gasteiger partial charge < -0.3 is 55.3 Å². The van der Waals surface area contributed by atoms with Gasteiger partial charge in [-0.15, -0.1) is 0 Å². The third-order valence-corrected chi connectivity index (χ3v) is 7.09. The van der Waals surface area contributed by atoms with E-state index in [0.717, 1.165) is 48.3 Å². The number of hydrogen-bond donors (Lipinski definition) is 8. The summed E-state index contributed by atoms with van der Waals surface area (Å²) in [5, 5.41) is 78.5. The summed E-state index contributed by atoms with van der Waals surface area (Å²) in [6.45, 7) is 0.282. The monoisotopic (exact) mass is 595 g/mol. The molecule has 0 aliphatic carbocycles. The number of ether oxygens (including phenoxy) is 2. The number of nitrogens with zero attached hydrogens (tertiary/aromatic N) is 2. The normalized spacial score (nSPS) is 18.8. The number of carbonyl (C=O) groups excluding carboxylic acids is 3. The lowest BCUT2D eigenvalue weighted by Gasteiger charge is -2.41. The Kier molecular flexibility index (Phi) is 8.40. The van der Waals surface area contributed by atoms with Gasteiger partial charge in [-0.05, 0) is 24.3 Å². The second-order valence-corrected chi connectivity index (χ2v) is 9.67. The molecule has 0 bridgehead atoms. The summed E-state index contributed by atoms with van der Waals surface area (Å²) in [6, 6.07) is 6.07. The van der Waals surface area contributed by atoms with Gasteiger partial charge in [0.1, 0.15) is 17.9 Å². The molecule has 1 saturated heterocycles. The summed E-state index contributed by atoms with van der Waals surface area (Å²) in [4.78, 5) is 37.9. The lowest BCUT2D eigenvalue weighted by atomic mass is 10.0. The Balaban J connectivity index is 1.75. The summed E-state index contributed by atoms with van der Waals surface area (Å²) in [7, 11) is 1.09. The molecule has 2 amide bonds. The van der Waals surface area contributed by atoms with Gasteiger partial charge in [-0.2, -0.15) is 0 Å². The number of hydrogen-bond acceptors (Lipinski definition) is 13. The van der Waals surface area contributed by atoms with E-state index in [2.05, 4.69) is 5.32 Å². The fourth-order valence-electron chi connectivity index (χ4n) is 5.02. The molecule has 8 N–H and O–H groups in total. The zero-order chi connectivity index (χ0) is 31.1. The third-order valence-electron chi connectivity index (χ3n) is 7.09. The average Bonchev–Trinajstić information content (AvgIpc) is 3.16. The van der Waals surface area contributed by atoms with E-state index in [9.17, 15) is 50.1 Å². The maximum Gasteiger partial charge on any atom is 0.354 e. The number of fused-ring (bicyclic) bond motifs is 1. The summed E-state index contributed by atoms with van der Waals surface area (Å²) in [5.41, 5.74) is -6.14. The molecule has 2 aliphatic rings. The van der Waals surface area contributed by atoms with Gasteiger partial charge in [0.25, 0.3) is 23.6 Å². The molecule has 2 aliphatic heterocycles. The van der Waals surface area contributed by atoms with Crippen molar-refractivity contribution in [1.82, 2.24) is 15.1 Å². The standard InChI is InChI=1S/C26H30FN3O12/c1-28-22(33)23(34,9-4-12-31)30-21(32)15-5-2-8-18(19(15)25(30,37)38)42-26(39,40)17-7-3-6-16(20(17)27)24(35,36)29-10-13-41-14-11-29/h2-3,5-8,12,34-40H,4,9-11,13-14H2,1H3,(H,28,33). The number of morpholine rings is 1. The maximum absolute atomic E-state index is 15.6. The summed E-state index contributed by atoms with van der Waals surface area (Å²) in [6.07, 6.45) is -0.894. The molecule has 1 fully saturated rings. The van der Waals surface area contributed by atoms with Gasteiger partial charge in [0.15, 0.2) is 0 Å². The molecular formula is C26H30FN3O12. The molecule has 15 nitrogen and oxygen atoms in total. The molecule has 0 radical (unpaired) electrons. The Hall–Kier alpha value is -3.58. The van der Waals surface area contributed by atoms with Crippen LogP contribution in [0.1, 0.15) is 39.9 Å². The average molecular weight is 596 g/mol. The Morgan fingerprint density at radius 3 is 2.33 bits per heavy atom. The topological polar surface area (TPSA) is 230 Å². The Bertz CT molecular complexity index is 1380. The van der Waals surface area contributed by atoms with Crippen LogP contribution in [0.4, 0.5) is 4.39 Å². The van der Waals surface area contributed by atoms with Crippen molar-refractivity contribution in [3.8, 4) is 5.75 Å². The number of benzene rings is 2. The van der Waals surface area contributed by atoms with Crippen LogP contribution in [0.15, 0.2) is 36.4 Å². The number of halogens is 1. The van der Waals surface area contributed by atoms with Crippen LogP contribution in [0.3, 0.4) is 0 Å². The van der Waals surface area contributed by atoms with Crippen molar-refractivity contribution >= 4 is 18.1 Å². The lowest BCUT2D eigenvalue weighted by Crippen LogP contribution is -2.64. The van der Waals surface area contributed by atoms with Crippen molar-refractivity contribution in [3.63, 3.8) is 0 Å². The smallest absolute Gasteiger partial charge is 0.354 e. The lowest BCUT2D eigenvalue weighted by molar-refractivity contribution is -0.315. The highest BCUT2D eigenvalue weighted by molar-refractivity contribution is 6.03. The number of amides is 2. The SMILES string of the molecule is CNC(=O)C(O)(CCC=O)N1C(=O)c2cccc(OC(O)(O)c3cccc(C(O)(O)N4CCOCC4)c3F)c2C1(O)O. The van der Waals surface area contributed by atoms with Crippen molar-refractivity contribution in [2.45, 2.75) is 36.4 Å². The number of nitrogens with one attached hydrogen (secondary N) is 1. The predicted octanol–water partition coefficient (Wildman–Crippen LogP) is -2.61. The predicted molar refractivity (Wildman–Crippen MR) is 135 cm³/mol. The van der Waals surface area contributed by atoms with Crippen LogP contribution in [0.2, 0.25) is 0 Å². The molecule has 228 valence electrons. The first kappa shape index (κ1) is 31.4. The van der Waals surface area contributed by atoms with E-state index in [4.69, 9.17) is 9.47 Å². The summed E-state index contributed by atoms with van der Waals surface area (Å²) >= 11 is 0. The van der Waals surface area contributed by atoms with Crippen LogP contribution in [0.5, 0.6) is 5.75 Å². The van der Waals surface area contributed by atoms with Crippen LogP contribution in [-0.4, -0.2) is 103 Å². The van der Waals surface area contributed by atoms with Crippen molar-refractivity contribution in [2.24, 2.45) is 0 Å². The number of carbonyl (C=O) groups is 3. The fourth-order valence-corrected chi connectivity index (χ4v) is 5.02. The molecule has 1 unspecified atom stereocenters. The number of rotatable bonds is 10.